The lowest BCUT2D eigenvalue weighted by Gasteiger charge is -2.25. The van der Waals surface area contributed by atoms with E-state index in [1.807, 2.05) is 25.1 Å². The second-order valence-corrected chi connectivity index (χ2v) is 7.87. The Balaban J connectivity index is 2.00. The van der Waals surface area contributed by atoms with E-state index >= 15 is 0 Å². The first-order valence-corrected chi connectivity index (χ1v) is 11.3. The summed E-state index contributed by atoms with van der Waals surface area (Å²) in [5.74, 6) is 0. The van der Waals surface area contributed by atoms with Gasteiger partial charge in [0.25, 0.3) is 0 Å². The van der Waals surface area contributed by atoms with Crippen LogP contribution in [0.1, 0.15) is 70.8 Å². The molecule has 0 spiro atoms. The van der Waals surface area contributed by atoms with Crippen molar-refractivity contribution in [3.8, 4) is 0 Å². The van der Waals surface area contributed by atoms with Crippen LogP contribution in [0.2, 0.25) is 0 Å². The first-order valence-electron chi connectivity index (χ1n) is 11.3. The van der Waals surface area contributed by atoms with Gasteiger partial charge in [-0.3, -0.25) is 0 Å². The van der Waals surface area contributed by atoms with Crippen molar-refractivity contribution >= 4 is 22.7 Å². The fourth-order valence-electron chi connectivity index (χ4n) is 3.46. The third kappa shape index (κ3) is 8.26. The Morgan fingerprint density at radius 1 is 0.759 bits per heavy atom. The van der Waals surface area contributed by atoms with Gasteiger partial charge in [0.2, 0.25) is 0 Å². The van der Waals surface area contributed by atoms with E-state index in [2.05, 4.69) is 53.2 Å². The van der Waals surface area contributed by atoms with Crippen LogP contribution in [0.25, 0.3) is 0 Å². The molecule has 0 bridgehead atoms. The molecule has 0 fully saturated rings. The lowest BCUT2D eigenvalue weighted by atomic mass is 10.1. The summed E-state index contributed by atoms with van der Waals surface area (Å²) in [6.45, 7) is 8.81. The molecule has 0 amide bonds. The summed E-state index contributed by atoms with van der Waals surface area (Å²) in [5.41, 5.74) is 10.6. The summed E-state index contributed by atoms with van der Waals surface area (Å²) in [6.07, 6.45) is 10.4. The lowest BCUT2D eigenvalue weighted by Crippen LogP contribution is -2.25. The molecule has 2 rings (SSSR count). The number of hydrogen-bond donors (Lipinski definition) is 1. The minimum atomic E-state index is 0.753. The number of hydrogen-bond acceptors (Lipinski definition) is 4. The molecular weight excluding hydrogens is 356 g/mol. The van der Waals surface area contributed by atoms with Crippen molar-refractivity contribution in [2.45, 2.75) is 72.1 Å². The van der Waals surface area contributed by atoms with Crippen molar-refractivity contribution in [1.29, 1.82) is 0 Å². The fraction of sp³-hybridized carbons (Fsp3) is 0.520. The second kappa shape index (κ2) is 13.0. The Morgan fingerprint density at radius 3 is 1.93 bits per heavy atom. The zero-order valence-corrected chi connectivity index (χ0v) is 18.5. The van der Waals surface area contributed by atoms with Gasteiger partial charge in [-0.05, 0) is 67.8 Å². The number of nitrogens with zero attached hydrogens (tertiary/aromatic N) is 3. The monoisotopic (exact) mass is 394 g/mol. The number of unbranched alkanes of at least 4 members (excludes halogenated alkanes) is 6. The van der Waals surface area contributed by atoms with Crippen LogP contribution >= 0.6 is 0 Å². The van der Waals surface area contributed by atoms with Crippen molar-refractivity contribution < 1.29 is 0 Å². The van der Waals surface area contributed by atoms with Gasteiger partial charge in [-0.15, -0.1) is 0 Å². The number of aryl methyl sites for hydroxylation is 1. The molecule has 0 saturated carbocycles. The molecule has 0 aromatic heterocycles. The first kappa shape index (κ1) is 22.9. The lowest BCUT2D eigenvalue weighted by molar-refractivity contribution is 0.609. The third-order valence-electron chi connectivity index (χ3n) is 5.27. The van der Waals surface area contributed by atoms with Crippen LogP contribution in [-0.4, -0.2) is 13.1 Å². The Bertz CT molecular complexity index is 725. The van der Waals surface area contributed by atoms with Gasteiger partial charge in [-0.25, -0.2) is 0 Å². The molecule has 2 N–H and O–H groups in total. The van der Waals surface area contributed by atoms with Crippen LogP contribution in [0, 0.1) is 6.92 Å². The summed E-state index contributed by atoms with van der Waals surface area (Å²) in [6, 6.07) is 14.2. The summed E-state index contributed by atoms with van der Waals surface area (Å²) in [7, 11) is 0. The molecule has 0 unspecified atom stereocenters. The average Bonchev–Trinajstić information content (AvgIpc) is 2.72. The van der Waals surface area contributed by atoms with Crippen molar-refractivity contribution in [3.05, 3.63) is 48.0 Å². The molecule has 2 aromatic rings. The van der Waals surface area contributed by atoms with E-state index in [4.69, 9.17) is 5.73 Å². The fourth-order valence-corrected chi connectivity index (χ4v) is 3.46. The third-order valence-corrected chi connectivity index (χ3v) is 5.27. The second-order valence-electron chi connectivity index (χ2n) is 7.87. The summed E-state index contributed by atoms with van der Waals surface area (Å²) in [5, 5.41) is 8.79. The van der Waals surface area contributed by atoms with Gasteiger partial charge < -0.3 is 10.6 Å². The molecule has 158 valence electrons. The van der Waals surface area contributed by atoms with Crippen molar-refractivity contribution in [3.63, 3.8) is 0 Å². The largest absolute Gasteiger partial charge is 0.399 e. The van der Waals surface area contributed by atoms with Crippen LogP contribution in [-0.2, 0) is 0 Å². The maximum Gasteiger partial charge on any atom is 0.0887 e. The maximum atomic E-state index is 5.81. The van der Waals surface area contributed by atoms with E-state index in [-0.39, 0.29) is 0 Å². The van der Waals surface area contributed by atoms with Gasteiger partial charge in [0.15, 0.2) is 0 Å². The van der Waals surface area contributed by atoms with Crippen LogP contribution in [0.3, 0.4) is 0 Å². The van der Waals surface area contributed by atoms with E-state index in [1.165, 1.54) is 57.1 Å². The molecule has 4 heteroatoms. The number of nitrogen functional groups attached to an aromatic ring is 1. The van der Waals surface area contributed by atoms with Crippen LogP contribution in [0.5, 0.6) is 0 Å². The molecule has 0 atom stereocenters. The zero-order valence-electron chi connectivity index (χ0n) is 18.5. The van der Waals surface area contributed by atoms with E-state index in [0.29, 0.717) is 0 Å². The number of nitrogens with two attached hydrogens (primary N) is 1. The van der Waals surface area contributed by atoms with E-state index in [0.717, 1.165) is 35.7 Å². The number of azo groups is 1. The molecule has 0 aliphatic rings. The summed E-state index contributed by atoms with van der Waals surface area (Å²) in [4.78, 5) is 2.54. The van der Waals surface area contributed by atoms with Gasteiger partial charge in [0, 0.05) is 24.5 Å². The SMILES string of the molecule is CCCCCCN(CCCCCC)c1ccc(N=Nc2ccc(N)cc2C)cc1. The van der Waals surface area contributed by atoms with E-state index < -0.39 is 0 Å². The van der Waals surface area contributed by atoms with Gasteiger partial charge in [0.1, 0.15) is 0 Å². The van der Waals surface area contributed by atoms with Crippen LogP contribution in [0.15, 0.2) is 52.7 Å². The maximum absolute atomic E-state index is 5.81. The molecule has 0 aliphatic carbocycles. The molecule has 0 radical (unpaired) electrons. The highest BCUT2D eigenvalue weighted by molar-refractivity contribution is 5.55. The number of rotatable bonds is 13. The smallest absolute Gasteiger partial charge is 0.0887 e. The van der Waals surface area contributed by atoms with Crippen molar-refractivity contribution in [2.24, 2.45) is 10.2 Å². The summed E-state index contributed by atoms with van der Waals surface area (Å²) >= 11 is 0. The minimum Gasteiger partial charge on any atom is -0.399 e. The van der Waals surface area contributed by atoms with Crippen LogP contribution in [0.4, 0.5) is 22.7 Å². The van der Waals surface area contributed by atoms with Gasteiger partial charge in [0.05, 0.1) is 11.4 Å². The number of anilines is 2. The normalized spacial score (nSPS) is 11.3. The predicted molar refractivity (Wildman–Crippen MR) is 127 cm³/mol. The molecular formula is C25H38N4. The average molecular weight is 395 g/mol. The highest BCUT2D eigenvalue weighted by Gasteiger charge is 2.06. The molecule has 29 heavy (non-hydrogen) atoms. The highest BCUT2D eigenvalue weighted by Crippen LogP contribution is 2.25. The Hall–Kier alpha value is -2.36. The van der Waals surface area contributed by atoms with Crippen molar-refractivity contribution in [1.82, 2.24) is 0 Å². The number of benzene rings is 2. The Kier molecular flexibility index (Phi) is 10.3. The quantitative estimate of drug-likeness (QED) is 0.213. The Morgan fingerprint density at radius 2 is 1.38 bits per heavy atom. The highest BCUT2D eigenvalue weighted by atomic mass is 15.1. The minimum absolute atomic E-state index is 0.753. The predicted octanol–water partition coefficient (Wildman–Crippen LogP) is 7.96. The van der Waals surface area contributed by atoms with Gasteiger partial charge >= 0.3 is 0 Å². The molecule has 0 aliphatic heterocycles. The Labute approximate surface area is 177 Å². The molecule has 0 saturated heterocycles. The van der Waals surface area contributed by atoms with Gasteiger partial charge in [-0.1, -0.05) is 52.4 Å². The van der Waals surface area contributed by atoms with Crippen LogP contribution < -0.4 is 10.6 Å². The topological polar surface area (TPSA) is 54.0 Å². The molecule has 4 nitrogen and oxygen atoms in total. The molecule has 0 heterocycles. The first-order chi connectivity index (χ1) is 14.1. The van der Waals surface area contributed by atoms with Crippen molar-refractivity contribution in [2.75, 3.05) is 23.7 Å². The summed E-state index contributed by atoms with van der Waals surface area (Å²) < 4.78 is 0. The zero-order chi connectivity index (χ0) is 20.9. The van der Waals surface area contributed by atoms with Gasteiger partial charge in [-0.2, -0.15) is 10.2 Å². The standard InChI is InChI=1S/C25H38N4/c1-4-6-8-10-18-29(19-11-9-7-5-2)24-15-13-23(14-16-24)27-28-25-17-12-22(26)20-21(25)3/h12-17,20H,4-11,18-19,26H2,1-3H3. The van der Waals surface area contributed by atoms with E-state index in [1.54, 1.807) is 0 Å². The molecule has 2 aromatic carbocycles. The van der Waals surface area contributed by atoms with E-state index in [9.17, 15) is 0 Å².